The Labute approximate surface area is 108 Å². The van der Waals surface area contributed by atoms with Crippen LogP contribution in [-0.2, 0) is 6.42 Å². The smallest absolute Gasteiger partial charge is 0.125 e. The second kappa shape index (κ2) is 4.65. The molecule has 0 spiro atoms. The second-order valence-corrected chi connectivity index (χ2v) is 5.22. The van der Waals surface area contributed by atoms with Gasteiger partial charge in [0, 0.05) is 43.2 Å². The summed E-state index contributed by atoms with van der Waals surface area (Å²) in [5.41, 5.74) is 8.65. The summed E-state index contributed by atoms with van der Waals surface area (Å²) in [6.45, 7) is 5.81. The van der Waals surface area contributed by atoms with E-state index >= 15 is 0 Å². The lowest BCUT2D eigenvalue weighted by molar-refractivity contribution is 0.236. The lowest BCUT2D eigenvalue weighted by Gasteiger charge is -2.20. The number of benzene rings is 1. The van der Waals surface area contributed by atoms with Crippen molar-refractivity contribution in [2.75, 3.05) is 18.0 Å². The second-order valence-electron chi connectivity index (χ2n) is 5.22. The first kappa shape index (κ1) is 11.6. The molecule has 0 amide bonds. The summed E-state index contributed by atoms with van der Waals surface area (Å²) in [5.74, 6) is 1.04. The normalized spacial score (nSPS) is 25.9. The predicted octanol–water partition coefficient (Wildman–Crippen LogP) is 2.10. The number of ether oxygens (including phenoxy) is 1. The van der Waals surface area contributed by atoms with E-state index in [4.69, 9.17) is 10.5 Å². The Morgan fingerprint density at radius 1 is 1.50 bits per heavy atom. The van der Waals surface area contributed by atoms with Gasteiger partial charge in [-0.2, -0.15) is 0 Å². The lowest BCUT2D eigenvalue weighted by atomic mass is 10.1. The average Bonchev–Trinajstić information content (AvgIpc) is 2.94. The number of nitrogens with zero attached hydrogens (tertiary/aromatic N) is 1. The molecule has 96 valence electrons. The zero-order chi connectivity index (χ0) is 12.5. The highest BCUT2D eigenvalue weighted by Crippen LogP contribution is 2.38. The number of anilines is 1. The van der Waals surface area contributed by atoms with Gasteiger partial charge in [-0.25, -0.2) is 0 Å². The third-order valence-electron chi connectivity index (χ3n) is 3.83. The first-order valence-corrected chi connectivity index (χ1v) is 6.68. The molecule has 3 rings (SSSR count). The number of hydrogen-bond acceptors (Lipinski definition) is 3. The molecule has 2 aliphatic heterocycles. The van der Waals surface area contributed by atoms with Crippen molar-refractivity contribution in [2.24, 2.45) is 5.73 Å². The number of nitrogens with two attached hydrogens (primary N) is 1. The van der Waals surface area contributed by atoms with Crippen LogP contribution in [0, 0.1) is 0 Å². The molecule has 2 aliphatic rings. The summed E-state index contributed by atoms with van der Waals surface area (Å²) in [5, 5.41) is 0. The van der Waals surface area contributed by atoms with Crippen LogP contribution in [0.2, 0.25) is 0 Å². The van der Waals surface area contributed by atoms with Crippen LogP contribution in [0.1, 0.15) is 18.4 Å². The summed E-state index contributed by atoms with van der Waals surface area (Å²) in [7, 11) is 0. The molecule has 0 aromatic heterocycles. The van der Waals surface area contributed by atoms with Gasteiger partial charge >= 0.3 is 0 Å². The summed E-state index contributed by atoms with van der Waals surface area (Å²) in [6.07, 6.45) is 5.18. The Balaban J connectivity index is 1.86. The minimum absolute atomic E-state index is 0.259. The van der Waals surface area contributed by atoms with E-state index in [1.54, 1.807) is 0 Å². The van der Waals surface area contributed by atoms with Crippen LogP contribution in [0.25, 0.3) is 0 Å². The summed E-state index contributed by atoms with van der Waals surface area (Å²) in [4.78, 5) is 2.39. The quantitative estimate of drug-likeness (QED) is 0.828. The third kappa shape index (κ3) is 1.99. The number of fused-ring (bicyclic) bond motifs is 1. The SMILES string of the molecule is C=CCC1Cc2c(cccc2N2CCC(N)C2)O1. The van der Waals surface area contributed by atoms with Crippen LogP contribution in [0.15, 0.2) is 30.9 Å². The molecule has 1 fully saturated rings. The molecule has 18 heavy (non-hydrogen) atoms. The lowest BCUT2D eigenvalue weighted by Crippen LogP contribution is -2.26. The molecular formula is C15H20N2O. The Bertz CT molecular complexity index is 458. The van der Waals surface area contributed by atoms with E-state index in [9.17, 15) is 0 Å². The fourth-order valence-electron chi connectivity index (χ4n) is 2.94. The van der Waals surface area contributed by atoms with Crippen molar-refractivity contribution in [3.8, 4) is 5.75 Å². The van der Waals surface area contributed by atoms with Crippen molar-refractivity contribution in [3.63, 3.8) is 0 Å². The van der Waals surface area contributed by atoms with Crippen LogP contribution >= 0.6 is 0 Å². The molecule has 2 N–H and O–H groups in total. The topological polar surface area (TPSA) is 38.5 Å². The minimum Gasteiger partial charge on any atom is -0.489 e. The van der Waals surface area contributed by atoms with Gasteiger partial charge in [-0.05, 0) is 18.6 Å². The van der Waals surface area contributed by atoms with E-state index in [2.05, 4.69) is 29.7 Å². The molecule has 0 saturated carbocycles. The van der Waals surface area contributed by atoms with E-state index in [0.717, 1.165) is 38.1 Å². The molecule has 2 heterocycles. The van der Waals surface area contributed by atoms with Crippen LogP contribution in [0.3, 0.4) is 0 Å². The summed E-state index contributed by atoms with van der Waals surface area (Å²) in [6, 6.07) is 6.65. The van der Waals surface area contributed by atoms with Gasteiger partial charge in [0.1, 0.15) is 11.9 Å². The van der Waals surface area contributed by atoms with Gasteiger partial charge in [-0.15, -0.1) is 6.58 Å². The molecule has 3 heteroatoms. The van der Waals surface area contributed by atoms with Crippen LogP contribution < -0.4 is 15.4 Å². The van der Waals surface area contributed by atoms with Crippen molar-refractivity contribution in [1.29, 1.82) is 0 Å². The van der Waals surface area contributed by atoms with Gasteiger partial charge in [0.2, 0.25) is 0 Å². The van der Waals surface area contributed by atoms with Gasteiger partial charge in [0.15, 0.2) is 0 Å². The van der Waals surface area contributed by atoms with Crippen molar-refractivity contribution >= 4 is 5.69 Å². The average molecular weight is 244 g/mol. The molecule has 1 aromatic carbocycles. The van der Waals surface area contributed by atoms with E-state index in [-0.39, 0.29) is 6.10 Å². The Kier molecular flexibility index (Phi) is 3.00. The molecule has 1 aromatic rings. The van der Waals surface area contributed by atoms with Crippen molar-refractivity contribution < 1.29 is 4.74 Å². The molecular weight excluding hydrogens is 224 g/mol. The third-order valence-corrected chi connectivity index (χ3v) is 3.83. The fraction of sp³-hybridized carbons (Fsp3) is 0.467. The van der Waals surface area contributed by atoms with Gasteiger partial charge < -0.3 is 15.4 Å². The maximum Gasteiger partial charge on any atom is 0.125 e. The van der Waals surface area contributed by atoms with Crippen LogP contribution in [0.5, 0.6) is 5.75 Å². The fourth-order valence-corrected chi connectivity index (χ4v) is 2.94. The van der Waals surface area contributed by atoms with Gasteiger partial charge in [-0.1, -0.05) is 12.1 Å². The predicted molar refractivity (Wildman–Crippen MR) is 74.2 cm³/mol. The van der Waals surface area contributed by atoms with Crippen LogP contribution in [-0.4, -0.2) is 25.2 Å². The molecule has 0 bridgehead atoms. The monoisotopic (exact) mass is 244 g/mol. The van der Waals surface area contributed by atoms with Crippen molar-refractivity contribution in [1.82, 2.24) is 0 Å². The molecule has 3 nitrogen and oxygen atoms in total. The van der Waals surface area contributed by atoms with Crippen molar-refractivity contribution in [2.45, 2.75) is 31.4 Å². The largest absolute Gasteiger partial charge is 0.489 e. The van der Waals surface area contributed by atoms with Gasteiger partial charge in [0.25, 0.3) is 0 Å². The summed E-state index contributed by atoms with van der Waals surface area (Å²) >= 11 is 0. The highest BCUT2D eigenvalue weighted by Gasteiger charge is 2.28. The Hall–Kier alpha value is -1.48. The first-order chi connectivity index (χ1) is 8.78. The number of hydrogen-bond donors (Lipinski definition) is 1. The van der Waals surface area contributed by atoms with E-state index < -0.39 is 0 Å². The van der Waals surface area contributed by atoms with E-state index in [0.29, 0.717) is 6.04 Å². The molecule has 0 radical (unpaired) electrons. The van der Waals surface area contributed by atoms with Gasteiger partial charge in [0.05, 0.1) is 0 Å². The van der Waals surface area contributed by atoms with Crippen molar-refractivity contribution in [3.05, 3.63) is 36.4 Å². The zero-order valence-electron chi connectivity index (χ0n) is 10.6. The molecule has 2 atom stereocenters. The van der Waals surface area contributed by atoms with E-state index in [1.165, 1.54) is 11.3 Å². The standard InChI is InChI=1S/C15H20N2O/c1-2-4-12-9-13-14(5-3-6-15(13)18-12)17-8-7-11(16)10-17/h2-3,5-6,11-12H,1,4,7-10,16H2. The van der Waals surface area contributed by atoms with Crippen LogP contribution in [0.4, 0.5) is 5.69 Å². The molecule has 0 aliphatic carbocycles. The number of rotatable bonds is 3. The molecule has 2 unspecified atom stereocenters. The van der Waals surface area contributed by atoms with E-state index in [1.807, 2.05) is 6.08 Å². The first-order valence-electron chi connectivity index (χ1n) is 6.68. The maximum absolute atomic E-state index is 6.00. The highest BCUT2D eigenvalue weighted by atomic mass is 16.5. The zero-order valence-corrected chi connectivity index (χ0v) is 10.6. The summed E-state index contributed by atoms with van der Waals surface area (Å²) < 4.78 is 5.95. The Morgan fingerprint density at radius 2 is 2.39 bits per heavy atom. The molecule has 1 saturated heterocycles. The minimum atomic E-state index is 0.259. The van der Waals surface area contributed by atoms with Gasteiger partial charge in [-0.3, -0.25) is 0 Å². The highest BCUT2D eigenvalue weighted by molar-refractivity contribution is 5.61. The Morgan fingerprint density at radius 3 is 3.11 bits per heavy atom. The maximum atomic E-state index is 6.00.